The number of nitriles is 1. The fourth-order valence-electron chi connectivity index (χ4n) is 1.83. The van der Waals surface area contributed by atoms with Gasteiger partial charge in [0.2, 0.25) is 0 Å². The van der Waals surface area contributed by atoms with E-state index in [4.69, 9.17) is 15.7 Å². The van der Waals surface area contributed by atoms with Crippen molar-refractivity contribution in [2.75, 3.05) is 12.3 Å². The number of nitrogen functional groups attached to an aromatic ring is 1. The lowest BCUT2D eigenvalue weighted by molar-refractivity contribution is 0.108. The summed E-state index contributed by atoms with van der Waals surface area (Å²) in [6.45, 7) is 0.154. The van der Waals surface area contributed by atoms with E-state index in [-0.39, 0.29) is 6.61 Å². The van der Waals surface area contributed by atoms with E-state index >= 15 is 0 Å². The smallest absolute Gasteiger partial charge is 0.119 e. The molecule has 0 fully saturated rings. The molecule has 0 aliphatic rings. The fraction of sp³-hybridized carbons (Fsp3) is 0.188. The zero-order valence-electron chi connectivity index (χ0n) is 11.0. The third kappa shape index (κ3) is 3.74. The van der Waals surface area contributed by atoms with Crippen LogP contribution in [0.15, 0.2) is 48.5 Å². The number of aliphatic hydroxyl groups is 1. The molecule has 0 aromatic heterocycles. The Morgan fingerprint density at radius 3 is 2.60 bits per heavy atom. The average Bonchev–Trinajstić information content (AvgIpc) is 2.46. The van der Waals surface area contributed by atoms with Crippen molar-refractivity contribution in [3.63, 3.8) is 0 Å². The van der Waals surface area contributed by atoms with E-state index in [1.54, 1.807) is 36.4 Å². The van der Waals surface area contributed by atoms with Crippen LogP contribution in [-0.2, 0) is 6.42 Å². The van der Waals surface area contributed by atoms with E-state index in [2.05, 4.69) is 6.07 Å². The highest BCUT2D eigenvalue weighted by molar-refractivity contribution is 5.41. The average molecular weight is 268 g/mol. The molecule has 4 heteroatoms. The Kier molecular flexibility index (Phi) is 4.59. The molecule has 0 bridgehead atoms. The van der Waals surface area contributed by atoms with Gasteiger partial charge in [-0.05, 0) is 35.4 Å². The summed E-state index contributed by atoms with van der Waals surface area (Å²) in [6, 6.07) is 16.4. The van der Waals surface area contributed by atoms with Gasteiger partial charge in [0, 0.05) is 5.69 Å². The summed E-state index contributed by atoms with van der Waals surface area (Å²) in [7, 11) is 0. The Morgan fingerprint density at radius 2 is 1.95 bits per heavy atom. The number of benzene rings is 2. The van der Waals surface area contributed by atoms with Crippen LogP contribution in [-0.4, -0.2) is 11.7 Å². The van der Waals surface area contributed by atoms with E-state index in [9.17, 15) is 5.11 Å². The number of anilines is 1. The summed E-state index contributed by atoms with van der Waals surface area (Å²) < 4.78 is 5.52. The Morgan fingerprint density at radius 1 is 1.20 bits per heavy atom. The maximum atomic E-state index is 10.0. The molecule has 2 aromatic rings. The maximum Gasteiger partial charge on any atom is 0.119 e. The van der Waals surface area contributed by atoms with Crippen molar-refractivity contribution in [2.24, 2.45) is 0 Å². The normalized spacial score (nSPS) is 11.6. The summed E-state index contributed by atoms with van der Waals surface area (Å²) in [5, 5.41) is 18.6. The van der Waals surface area contributed by atoms with Gasteiger partial charge in [0.1, 0.15) is 18.5 Å². The first kappa shape index (κ1) is 13.9. The molecule has 0 aliphatic heterocycles. The molecular formula is C16H16N2O2. The summed E-state index contributed by atoms with van der Waals surface area (Å²) in [4.78, 5) is 0. The van der Waals surface area contributed by atoms with E-state index < -0.39 is 6.10 Å². The zero-order chi connectivity index (χ0) is 14.4. The van der Waals surface area contributed by atoms with Gasteiger partial charge in [0.15, 0.2) is 0 Å². The largest absolute Gasteiger partial charge is 0.491 e. The monoisotopic (exact) mass is 268 g/mol. The summed E-state index contributed by atoms with van der Waals surface area (Å²) in [5.74, 6) is 0.662. The number of aliphatic hydroxyl groups excluding tert-OH is 1. The van der Waals surface area contributed by atoms with Gasteiger partial charge in [-0.15, -0.1) is 0 Å². The minimum absolute atomic E-state index is 0.154. The minimum Gasteiger partial charge on any atom is -0.491 e. The molecular weight excluding hydrogens is 252 g/mol. The molecule has 0 amide bonds. The third-order valence-corrected chi connectivity index (χ3v) is 2.91. The number of ether oxygens (including phenoxy) is 1. The summed E-state index contributed by atoms with van der Waals surface area (Å²) >= 11 is 0. The lowest BCUT2D eigenvalue weighted by Crippen LogP contribution is -2.10. The van der Waals surface area contributed by atoms with Gasteiger partial charge in [-0.2, -0.15) is 5.26 Å². The SMILES string of the molecule is N#CCc1ccc(OCC(O)c2cccc(N)c2)cc1. The first-order valence-corrected chi connectivity index (χ1v) is 6.31. The number of nitrogens with zero attached hydrogens (tertiary/aromatic N) is 1. The second-order valence-electron chi connectivity index (χ2n) is 4.48. The standard InChI is InChI=1S/C16H16N2O2/c17-9-8-12-4-6-15(7-5-12)20-11-16(19)13-2-1-3-14(18)10-13/h1-7,10,16,19H,8,11,18H2. The van der Waals surface area contributed by atoms with Crippen molar-refractivity contribution in [1.29, 1.82) is 5.26 Å². The van der Waals surface area contributed by atoms with Crippen LogP contribution in [0.25, 0.3) is 0 Å². The molecule has 4 nitrogen and oxygen atoms in total. The van der Waals surface area contributed by atoms with Crippen molar-refractivity contribution in [1.82, 2.24) is 0 Å². The van der Waals surface area contributed by atoms with Crippen LogP contribution in [0.4, 0.5) is 5.69 Å². The minimum atomic E-state index is -0.725. The number of hydrogen-bond acceptors (Lipinski definition) is 4. The summed E-state index contributed by atoms with van der Waals surface area (Å²) in [6.07, 6.45) is -0.344. The van der Waals surface area contributed by atoms with E-state index in [1.807, 2.05) is 12.1 Å². The predicted molar refractivity (Wildman–Crippen MR) is 77.1 cm³/mol. The van der Waals surface area contributed by atoms with E-state index in [0.717, 1.165) is 11.1 Å². The highest BCUT2D eigenvalue weighted by atomic mass is 16.5. The van der Waals surface area contributed by atoms with Gasteiger partial charge >= 0.3 is 0 Å². The Bertz CT molecular complexity index is 603. The molecule has 0 saturated carbocycles. The molecule has 3 N–H and O–H groups in total. The molecule has 0 aliphatic carbocycles. The molecule has 2 rings (SSSR count). The van der Waals surface area contributed by atoms with Crippen LogP contribution in [0.5, 0.6) is 5.75 Å². The predicted octanol–water partition coefficient (Wildman–Crippen LogP) is 2.45. The van der Waals surface area contributed by atoms with Gasteiger partial charge in [-0.3, -0.25) is 0 Å². The van der Waals surface area contributed by atoms with Gasteiger partial charge in [-0.1, -0.05) is 24.3 Å². The van der Waals surface area contributed by atoms with Gasteiger partial charge < -0.3 is 15.6 Å². The quantitative estimate of drug-likeness (QED) is 0.816. The topological polar surface area (TPSA) is 79.3 Å². The lowest BCUT2D eigenvalue weighted by Gasteiger charge is -2.13. The van der Waals surface area contributed by atoms with Gasteiger partial charge in [0.25, 0.3) is 0 Å². The zero-order valence-corrected chi connectivity index (χ0v) is 11.0. The van der Waals surface area contributed by atoms with Crippen molar-refractivity contribution in [2.45, 2.75) is 12.5 Å². The van der Waals surface area contributed by atoms with Crippen molar-refractivity contribution in [3.05, 3.63) is 59.7 Å². The lowest BCUT2D eigenvalue weighted by atomic mass is 10.1. The van der Waals surface area contributed by atoms with Crippen molar-refractivity contribution < 1.29 is 9.84 Å². The Hall–Kier alpha value is -2.51. The van der Waals surface area contributed by atoms with Crippen LogP contribution in [0, 0.1) is 11.3 Å². The van der Waals surface area contributed by atoms with Gasteiger partial charge in [-0.25, -0.2) is 0 Å². The molecule has 1 unspecified atom stereocenters. The fourth-order valence-corrected chi connectivity index (χ4v) is 1.83. The molecule has 20 heavy (non-hydrogen) atoms. The molecule has 2 aromatic carbocycles. The maximum absolute atomic E-state index is 10.0. The molecule has 1 atom stereocenters. The second-order valence-corrected chi connectivity index (χ2v) is 4.48. The Balaban J connectivity index is 1.93. The van der Waals surface area contributed by atoms with Crippen LogP contribution in [0.3, 0.4) is 0 Å². The third-order valence-electron chi connectivity index (χ3n) is 2.91. The van der Waals surface area contributed by atoms with Crippen LogP contribution >= 0.6 is 0 Å². The van der Waals surface area contributed by atoms with Crippen molar-refractivity contribution in [3.8, 4) is 11.8 Å². The highest BCUT2D eigenvalue weighted by Crippen LogP contribution is 2.18. The van der Waals surface area contributed by atoms with Crippen LogP contribution in [0.2, 0.25) is 0 Å². The first-order chi connectivity index (χ1) is 9.69. The Labute approximate surface area is 118 Å². The van der Waals surface area contributed by atoms with E-state index in [0.29, 0.717) is 17.9 Å². The molecule has 0 spiro atoms. The first-order valence-electron chi connectivity index (χ1n) is 6.31. The van der Waals surface area contributed by atoms with Crippen molar-refractivity contribution >= 4 is 5.69 Å². The molecule has 102 valence electrons. The number of hydrogen-bond donors (Lipinski definition) is 2. The van der Waals surface area contributed by atoms with Gasteiger partial charge in [0.05, 0.1) is 12.5 Å². The number of rotatable bonds is 5. The summed E-state index contributed by atoms with van der Waals surface area (Å²) in [5.41, 5.74) is 7.95. The molecule has 0 saturated heterocycles. The number of nitrogens with two attached hydrogens (primary N) is 1. The van der Waals surface area contributed by atoms with Crippen LogP contribution < -0.4 is 10.5 Å². The molecule has 0 radical (unpaired) electrons. The van der Waals surface area contributed by atoms with Crippen LogP contribution in [0.1, 0.15) is 17.2 Å². The van der Waals surface area contributed by atoms with E-state index in [1.165, 1.54) is 0 Å². The highest BCUT2D eigenvalue weighted by Gasteiger charge is 2.08. The second kappa shape index (κ2) is 6.60. The molecule has 0 heterocycles.